The van der Waals surface area contributed by atoms with Crippen LogP contribution < -0.4 is 28.5 Å². The third kappa shape index (κ3) is 7.45. The predicted molar refractivity (Wildman–Crippen MR) is 58.4 cm³/mol. The van der Waals surface area contributed by atoms with E-state index in [2.05, 4.69) is 0 Å². The van der Waals surface area contributed by atoms with E-state index < -0.39 is 0 Å². The van der Waals surface area contributed by atoms with Crippen LogP contribution >= 0.6 is 48.0 Å². The third-order valence-electron chi connectivity index (χ3n) is 0.865. The highest BCUT2D eigenvalue weighted by Gasteiger charge is 1.78. The van der Waals surface area contributed by atoms with E-state index in [4.69, 9.17) is 0 Å². The number of hydrogen-bond acceptors (Lipinski definition) is 0. The predicted octanol–water partition coefficient (Wildman–Crippen LogP) is -1.25. The smallest absolute Gasteiger partial charge is 0.168 e. The SMILES string of the molecule is C[n+]1ccccc1.I.I.[I-]. The summed E-state index contributed by atoms with van der Waals surface area (Å²) in [7, 11) is 2.00. The van der Waals surface area contributed by atoms with Crippen molar-refractivity contribution in [1.29, 1.82) is 0 Å². The molecule has 1 heterocycles. The van der Waals surface area contributed by atoms with E-state index in [-0.39, 0.29) is 71.9 Å². The van der Waals surface area contributed by atoms with Crippen molar-refractivity contribution in [2.75, 3.05) is 0 Å². The maximum absolute atomic E-state index is 2.00. The van der Waals surface area contributed by atoms with Crippen molar-refractivity contribution in [3.8, 4) is 0 Å². The molecular formula is C6H10I3N. The average molecular weight is 477 g/mol. The van der Waals surface area contributed by atoms with Crippen molar-refractivity contribution < 1.29 is 28.5 Å². The fraction of sp³-hybridized carbons (Fsp3) is 0.167. The van der Waals surface area contributed by atoms with Crippen LogP contribution in [0.3, 0.4) is 0 Å². The molecule has 60 valence electrons. The Bertz CT molecular complexity index is 143. The maximum Gasteiger partial charge on any atom is 0.168 e. The lowest BCUT2D eigenvalue weighted by atomic mass is 10.5. The maximum atomic E-state index is 2.00. The molecule has 1 nitrogen and oxygen atoms in total. The highest BCUT2D eigenvalue weighted by atomic mass is 127. The summed E-state index contributed by atoms with van der Waals surface area (Å²) in [6.07, 6.45) is 4.00. The topological polar surface area (TPSA) is 3.88 Å². The molecule has 0 spiro atoms. The molecule has 0 N–H and O–H groups in total. The van der Waals surface area contributed by atoms with Gasteiger partial charge in [-0.05, 0) is 0 Å². The van der Waals surface area contributed by atoms with Crippen molar-refractivity contribution in [3.05, 3.63) is 30.6 Å². The second-order valence-corrected chi connectivity index (χ2v) is 1.54. The summed E-state index contributed by atoms with van der Waals surface area (Å²) in [5, 5.41) is 0. The molecule has 0 atom stereocenters. The van der Waals surface area contributed by atoms with Crippen LogP contribution in [0.4, 0.5) is 0 Å². The molecular weight excluding hydrogens is 467 g/mol. The van der Waals surface area contributed by atoms with Gasteiger partial charge in [-0.25, -0.2) is 4.57 Å². The van der Waals surface area contributed by atoms with Crippen LogP contribution in [-0.4, -0.2) is 0 Å². The van der Waals surface area contributed by atoms with Crippen LogP contribution in [0.5, 0.6) is 0 Å². The number of halogens is 3. The van der Waals surface area contributed by atoms with E-state index >= 15 is 0 Å². The van der Waals surface area contributed by atoms with Gasteiger partial charge in [-0.3, -0.25) is 0 Å². The molecule has 1 aromatic rings. The molecule has 0 unspecified atom stereocenters. The van der Waals surface area contributed by atoms with Gasteiger partial charge in [0, 0.05) is 12.1 Å². The van der Waals surface area contributed by atoms with Gasteiger partial charge < -0.3 is 24.0 Å². The molecule has 1 aromatic heterocycles. The summed E-state index contributed by atoms with van der Waals surface area (Å²) in [6, 6.07) is 6.00. The number of pyridine rings is 1. The standard InChI is InChI=1S/C6H8N.3HI/c1-7-5-3-2-4-6-7;;;/h2-6H,1H3;3*1H/q+1;;;/p-1. The van der Waals surface area contributed by atoms with Crippen LogP contribution in [0.2, 0.25) is 0 Å². The summed E-state index contributed by atoms with van der Waals surface area (Å²) >= 11 is 0. The Hall–Kier alpha value is 1.34. The molecule has 0 fully saturated rings. The van der Waals surface area contributed by atoms with Gasteiger partial charge in [0.1, 0.15) is 7.05 Å². The van der Waals surface area contributed by atoms with Gasteiger partial charge >= 0.3 is 0 Å². The van der Waals surface area contributed by atoms with Gasteiger partial charge in [0.2, 0.25) is 0 Å². The van der Waals surface area contributed by atoms with Gasteiger partial charge in [0.15, 0.2) is 12.4 Å². The Morgan fingerprint density at radius 2 is 1.30 bits per heavy atom. The lowest BCUT2D eigenvalue weighted by Gasteiger charge is -1.77. The monoisotopic (exact) mass is 477 g/mol. The summed E-state index contributed by atoms with van der Waals surface area (Å²) in [5.74, 6) is 0. The Kier molecular flexibility index (Phi) is 18.0. The summed E-state index contributed by atoms with van der Waals surface area (Å²) in [5.41, 5.74) is 0. The molecule has 4 heteroatoms. The van der Waals surface area contributed by atoms with Crippen molar-refractivity contribution in [2.24, 2.45) is 7.05 Å². The Labute approximate surface area is 113 Å². The third-order valence-corrected chi connectivity index (χ3v) is 0.865. The Morgan fingerprint density at radius 3 is 1.50 bits per heavy atom. The van der Waals surface area contributed by atoms with E-state index in [1.807, 2.05) is 42.2 Å². The van der Waals surface area contributed by atoms with Crippen molar-refractivity contribution >= 4 is 48.0 Å². The number of nitrogens with zero attached hydrogens (tertiary/aromatic N) is 1. The highest BCUT2D eigenvalue weighted by molar-refractivity contribution is 14.0. The first kappa shape index (κ1) is 17.4. The molecule has 0 aliphatic rings. The zero-order chi connectivity index (χ0) is 5.11. The molecule has 0 amide bonds. The quantitative estimate of drug-likeness (QED) is 0.326. The van der Waals surface area contributed by atoms with Crippen molar-refractivity contribution in [3.63, 3.8) is 0 Å². The first-order chi connectivity index (χ1) is 3.39. The van der Waals surface area contributed by atoms with Gasteiger partial charge in [0.25, 0.3) is 0 Å². The van der Waals surface area contributed by atoms with Gasteiger partial charge in [0.05, 0.1) is 0 Å². The molecule has 0 aromatic carbocycles. The summed E-state index contributed by atoms with van der Waals surface area (Å²) in [4.78, 5) is 0. The fourth-order valence-electron chi connectivity index (χ4n) is 0.485. The molecule has 0 bridgehead atoms. The van der Waals surface area contributed by atoms with Gasteiger partial charge in [-0.1, -0.05) is 6.07 Å². The molecule has 1 rings (SSSR count). The van der Waals surface area contributed by atoms with E-state index in [1.165, 1.54) is 0 Å². The van der Waals surface area contributed by atoms with Crippen LogP contribution in [0, 0.1) is 0 Å². The second kappa shape index (κ2) is 10.3. The minimum absolute atomic E-state index is 0. The highest BCUT2D eigenvalue weighted by Crippen LogP contribution is 1.71. The number of aryl methyl sites for hydroxylation is 1. The van der Waals surface area contributed by atoms with Crippen LogP contribution in [0.1, 0.15) is 0 Å². The van der Waals surface area contributed by atoms with Crippen LogP contribution in [0.25, 0.3) is 0 Å². The molecule has 0 saturated carbocycles. The largest absolute Gasteiger partial charge is 1.00 e. The zero-order valence-corrected chi connectivity index (χ0v) is 12.3. The number of hydrogen-bond donors (Lipinski definition) is 0. The first-order valence-electron chi connectivity index (χ1n) is 2.30. The molecule has 10 heavy (non-hydrogen) atoms. The normalized spacial score (nSPS) is 6.10. The number of rotatable bonds is 0. The summed E-state index contributed by atoms with van der Waals surface area (Å²) < 4.78 is 2.00. The lowest BCUT2D eigenvalue weighted by Crippen LogP contribution is -3.00. The zero-order valence-electron chi connectivity index (χ0n) is 5.53. The van der Waals surface area contributed by atoms with Crippen LogP contribution in [0.15, 0.2) is 30.6 Å². The fourth-order valence-corrected chi connectivity index (χ4v) is 0.485. The molecule has 0 aliphatic heterocycles. The molecule has 0 saturated heterocycles. The number of aromatic nitrogens is 1. The minimum atomic E-state index is 0. The first-order valence-corrected chi connectivity index (χ1v) is 2.30. The van der Waals surface area contributed by atoms with Gasteiger partial charge in [-0.15, -0.1) is 48.0 Å². The van der Waals surface area contributed by atoms with E-state index in [9.17, 15) is 0 Å². The van der Waals surface area contributed by atoms with E-state index in [0.29, 0.717) is 0 Å². The van der Waals surface area contributed by atoms with Crippen LogP contribution in [-0.2, 0) is 7.05 Å². The summed E-state index contributed by atoms with van der Waals surface area (Å²) in [6.45, 7) is 0. The van der Waals surface area contributed by atoms with Crippen molar-refractivity contribution in [2.45, 2.75) is 0 Å². The van der Waals surface area contributed by atoms with E-state index in [1.54, 1.807) is 0 Å². The van der Waals surface area contributed by atoms with Gasteiger partial charge in [-0.2, -0.15) is 0 Å². The Balaban J connectivity index is -0.000000163. The second-order valence-electron chi connectivity index (χ2n) is 1.54. The Morgan fingerprint density at radius 1 is 0.900 bits per heavy atom. The van der Waals surface area contributed by atoms with Crippen molar-refractivity contribution in [1.82, 2.24) is 0 Å². The van der Waals surface area contributed by atoms with E-state index in [0.717, 1.165) is 0 Å². The minimum Gasteiger partial charge on any atom is -1.00 e. The lowest BCUT2D eigenvalue weighted by molar-refractivity contribution is -0.671. The molecule has 0 aliphatic carbocycles. The average Bonchev–Trinajstić information content (AvgIpc) is 1.69. The molecule has 0 radical (unpaired) electrons.